The molecule has 0 saturated heterocycles. The van der Waals surface area contributed by atoms with Gasteiger partial charge in [0.2, 0.25) is 6.54 Å². The number of hydrogen-bond acceptors (Lipinski definition) is 3. The smallest absolute Gasteiger partial charge is 0.210 e. The van der Waals surface area contributed by atoms with Crippen molar-refractivity contribution in [2.24, 2.45) is 0 Å². The lowest BCUT2D eigenvalue weighted by atomic mass is 9.95. The van der Waals surface area contributed by atoms with E-state index in [1.165, 1.54) is 0 Å². The molecule has 0 heterocycles. The van der Waals surface area contributed by atoms with Crippen LogP contribution in [0.2, 0.25) is 0 Å². The van der Waals surface area contributed by atoms with Crippen molar-refractivity contribution in [3.8, 4) is 0 Å². The topological polar surface area (TPSA) is 63.4 Å². The van der Waals surface area contributed by atoms with Gasteiger partial charge in [0.1, 0.15) is 0 Å². The molecule has 4 heteroatoms. The summed E-state index contributed by atoms with van der Waals surface area (Å²) in [5.41, 5.74) is 2.05. The van der Waals surface area contributed by atoms with Crippen LogP contribution in [0.25, 0.3) is 0 Å². The number of hydrogen-bond donors (Lipinski definition) is 1. The molecule has 1 aromatic rings. The molecule has 1 aromatic carbocycles. The Labute approximate surface area is 88.7 Å². The van der Waals surface area contributed by atoms with E-state index >= 15 is 0 Å². The third-order valence-electron chi connectivity index (χ3n) is 2.40. The second-order valence-corrected chi connectivity index (χ2v) is 3.64. The van der Waals surface area contributed by atoms with Gasteiger partial charge in [0.05, 0.1) is 5.92 Å². The van der Waals surface area contributed by atoms with Crippen LogP contribution in [0, 0.1) is 17.0 Å². The number of nitro groups is 1. The van der Waals surface area contributed by atoms with E-state index in [9.17, 15) is 10.1 Å². The fourth-order valence-corrected chi connectivity index (χ4v) is 1.54. The molecule has 1 N–H and O–H groups in total. The van der Waals surface area contributed by atoms with Gasteiger partial charge in [-0.1, -0.05) is 29.8 Å². The molecule has 0 radical (unpaired) electrons. The predicted molar refractivity (Wildman–Crippen MR) is 57.5 cm³/mol. The summed E-state index contributed by atoms with van der Waals surface area (Å²) in [6.45, 7) is 1.83. The molecule has 0 aliphatic heterocycles. The molecule has 1 rings (SSSR count). The van der Waals surface area contributed by atoms with Crippen LogP contribution in [0.5, 0.6) is 0 Å². The van der Waals surface area contributed by atoms with Crippen LogP contribution < -0.4 is 0 Å². The third-order valence-corrected chi connectivity index (χ3v) is 2.40. The van der Waals surface area contributed by atoms with Crippen LogP contribution in [0.3, 0.4) is 0 Å². The predicted octanol–water partition coefficient (Wildman–Crippen LogP) is 1.74. The van der Waals surface area contributed by atoms with Gasteiger partial charge in [0, 0.05) is 11.5 Å². The Hall–Kier alpha value is -1.42. The highest BCUT2D eigenvalue weighted by Crippen LogP contribution is 2.19. The summed E-state index contributed by atoms with van der Waals surface area (Å²) in [4.78, 5) is 10.1. The largest absolute Gasteiger partial charge is 0.396 e. The molecule has 0 bridgehead atoms. The molecule has 82 valence electrons. The van der Waals surface area contributed by atoms with E-state index in [2.05, 4.69) is 0 Å². The van der Waals surface area contributed by atoms with Crippen LogP contribution >= 0.6 is 0 Å². The first kappa shape index (κ1) is 11.7. The molecule has 15 heavy (non-hydrogen) atoms. The molecule has 0 spiro atoms. The molecule has 4 nitrogen and oxygen atoms in total. The number of aryl methyl sites for hydroxylation is 1. The van der Waals surface area contributed by atoms with Crippen molar-refractivity contribution in [2.75, 3.05) is 13.2 Å². The maximum atomic E-state index is 10.4. The van der Waals surface area contributed by atoms with Crippen molar-refractivity contribution in [1.29, 1.82) is 0 Å². The summed E-state index contributed by atoms with van der Waals surface area (Å²) in [5.74, 6) is -0.189. The van der Waals surface area contributed by atoms with Gasteiger partial charge in [-0.2, -0.15) is 0 Å². The lowest BCUT2D eigenvalue weighted by molar-refractivity contribution is -0.483. The Morgan fingerprint density at radius 2 is 2.00 bits per heavy atom. The zero-order chi connectivity index (χ0) is 11.3. The summed E-state index contributed by atoms with van der Waals surface area (Å²) in [6.07, 6.45) is 0.435. The number of aliphatic hydroxyl groups excluding tert-OH is 1. The number of aliphatic hydroxyl groups is 1. The first-order chi connectivity index (χ1) is 7.13. The van der Waals surface area contributed by atoms with Gasteiger partial charge in [-0.25, -0.2) is 0 Å². The summed E-state index contributed by atoms with van der Waals surface area (Å²) >= 11 is 0. The van der Waals surface area contributed by atoms with Crippen molar-refractivity contribution >= 4 is 0 Å². The summed E-state index contributed by atoms with van der Waals surface area (Å²) in [6, 6.07) is 7.64. The fraction of sp³-hybridized carbons (Fsp3) is 0.455. The van der Waals surface area contributed by atoms with Gasteiger partial charge in [0.25, 0.3) is 0 Å². The van der Waals surface area contributed by atoms with Gasteiger partial charge in [-0.3, -0.25) is 10.1 Å². The molecule has 0 fully saturated rings. The van der Waals surface area contributed by atoms with Crippen molar-refractivity contribution in [3.63, 3.8) is 0 Å². The minimum absolute atomic E-state index is 0.0214. The van der Waals surface area contributed by atoms with E-state index in [0.717, 1.165) is 11.1 Å². The van der Waals surface area contributed by atoms with Crippen molar-refractivity contribution in [3.05, 3.63) is 45.5 Å². The Morgan fingerprint density at radius 3 is 2.47 bits per heavy atom. The molecular formula is C11H15NO3. The van der Waals surface area contributed by atoms with Crippen LogP contribution in [-0.2, 0) is 0 Å². The van der Waals surface area contributed by atoms with Crippen LogP contribution in [0.1, 0.15) is 23.5 Å². The average Bonchev–Trinajstić information content (AvgIpc) is 2.17. The normalized spacial score (nSPS) is 12.4. The minimum Gasteiger partial charge on any atom is -0.396 e. The second kappa shape index (κ2) is 5.46. The zero-order valence-corrected chi connectivity index (χ0v) is 8.72. The molecular weight excluding hydrogens is 194 g/mol. The molecule has 1 atom stereocenters. The molecule has 0 unspecified atom stereocenters. The maximum Gasteiger partial charge on any atom is 0.210 e. The molecule has 0 aliphatic carbocycles. The van der Waals surface area contributed by atoms with E-state index in [4.69, 9.17) is 5.11 Å². The second-order valence-electron chi connectivity index (χ2n) is 3.64. The number of rotatable bonds is 5. The third kappa shape index (κ3) is 3.67. The zero-order valence-electron chi connectivity index (χ0n) is 8.72. The molecule has 0 amide bonds. The molecule has 0 saturated carbocycles. The minimum atomic E-state index is -0.333. The van der Waals surface area contributed by atoms with Gasteiger partial charge < -0.3 is 5.11 Å². The Morgan fingerprint density at radius 1 is 1.40 bits per heavy atom. The molecule has 0 aliphatic rings. The monoisotopic (exact) mass is 209 g/mol. The van der Waals surface area contributed by atoms with Crippen LogP contribution in [0.4, 0.5) is 0 Å². The fourth-order valence-electron chi connectivity index (χ4n) is 1.54. The standard InChI is InChI=1S/C11H15NO3/c1-9-2-4-10(5-3-9)11(6-7-13)8-12(14)15/h2-5,11,13H,6-8H2,1H3/t11-/m1/s1. The van der Waals surface area contributed by atoms with Gasteiger partial charge in [-0.15, -0.1) is 0 Å². The Kier molecular flexibility index (Phi) is 4.24. The van der Waals surface area contributed by atoms with E-state index in [1.807, 2.05) is 31.2 Å². The van der Waals surface area contributed by atoms with E-state index in [0.29, 0.717) is 6.42 Å². The average molecular weight is 209 g/mol. The van der Waals surface area contributed by atoms with Gasteiger partial charge in [-0.05, 0) is 18.9 Å². The highest BCUT2D eigenvalue weighted by molar-refractivity contribution is 5.24. The Bertz CT molecular complexity index is 321. The lowest BCUT2D eigenvalue weighted by Crippen LogP contribution is -2.13. The highest BCUT2D eigenvalue weighted by Gasteiger charge is 2.16. The summed E-state index contributed by atoms with van der Waals surface area (Å²) in [7, 11) is 0. The first-order valence-corrected chi connectivity index (χ1v) is 4.92. The quantitative estimate of drug-likeness (QED) is 0.593. The van der Waals surface area contributed by atoms with Crippen LogP contribution in [0.15, 0.2) is 24.3 Å². The van der Waals surface area contributed by atoms with Crippen LogP contribution in [-0.4, -0.2) is 23.2 Å². The Balaban J connectivity index is 2.78. The van der Waals surface area contributed by atoms with Crippen molar-refractivity contribution in [2.45, 2.75) is 19.3 Å². The van der Waals surface area contributed by atoms with Gasteiger partial charge in [0.15, 0.2) is 0 Å². The number of benzene rings is 1. The number of nitrogens with zero attached hydrogens (tertiary/aromatic N) is 1. The SMILES string of the molecule is Cc1ccc([C@H](CCO)C[N+](=O)[O-])cc1. The van der Waals surface area contributed by atoms with Crippen molar-refractivity contribution in [1.82, 2.24) is 0 Å². The van der Waals surface area contributed by atoms with Gasteiger partial charge >= 0.3 is 0 Å². The summed E-state index contributed by atoms with van der Waals surface area (Å²) in [5, 5.41) is 19.3. The van der Waals surface area contributed by atoms with E-state index < -0.39 is 0 Å². The van der Waals surface area contributed by atoms with Crippen molar-refractivity contribution < 1.29 is 10.0 Å². The maximum absolute atomic E-state index is 10.4. The summed E-state index contributed by atoms with van der Waals surface area (Å²) < 4.78 is 0. The first-order valence-electron chi connectivity index (χ1n) is 4.92. The molecule has 0 aromatic heterocycles. The highest BCUT2D eigenvalue weighted by atomic mass is 16.6. The lowest BCUT2D eigenvalue weighted by Gasteiger charge is -2.11. The van der Waals surface area contributed by atoms with E-state index in [1.54, 1.807) is 0 Å². The van der Waals surface area contributed by atoms with E-state index in [-0.39, 0.29) is 24.0 Å².